The van der Waals surface area contributed by atoms with Gasteiger partial charge < -0.3 is 9.47 Å². The van der Waals surface area contributed by atoms with E-state index in [4.69, 9.17) is 9.47 Å². The summed E-state index contributed by atoms with van der Waals surface area (Å²) in [7, 11) is 3.31. The second-order valence-corrected chi connectivity index (χ2v) is 4.30. The second-order valence-electron chi connectivity index (χ2n) is 4.30. The normalized spacial score (nSPS) is 17.2. The van der Waals surface area contributed by atoms with E-state index in [1.165, 1.54) is 31.4 Å². The first-order valence-corrected chi connectivity index (χ1v) is 5.86. The molecule has 0 amide bonds. The second kappa shape index (κ2) is 5.41. The first-order valence-electron chi connectivity index (χ1n) is 5.86. The van der Waals surface area contributed by atoms with Crippen molar-refractivity contribution < 1.29 is 9.47 Å². The van der Waals surface area contributed by atoms with Gasteiger partial charge in [0.2, 0.25) is 0 Å². The fourth-order valence-electron chi connectivity index (χ4n) is 2.43. The summed E-state index contributed by atoms with van der Waals surface area (Å²) in [5.41, 5.74) is 2.25. The van der Waals surface area contributed by atoms with Gasteiger partial charge in [-0.05, 0) is 25.0 Å². The van der Waals surface area contributed by atoms with Crippen LogP contribution in [0.1, 0.15) is 49.1 Å². The van der Waals surface area contributed by atoms with Crippen LogP contribution in [0.15, 0.2) is 18.3 Å². The van der Waals surface area contributed by atoms with E-state index in [9.17, 15) is 0 Å². The summed E-state index contributed by atoms with van der Waals surface area (Å²) in [6.07, 6.45) is 6.77. The van der Waals surface area contributed by atoms with Crippen molar-refractivity contribution in [2.75, 3.05) is 14.2 Å². The Labute approximate surface area is 96.8 Å². The molecule has 0 N–H and O–H groups in total. The molecular weight excluding hydrogens is 202 g/mol. The molecule has 1 heterocycles. The number of methoxy groups -OCH3 is 2. The Bertz CT molecular complexity index is 313. The van der Waals surface area contributed by atoms with Gasteiger partial charge in [-0.2, -0.15) is 0 Å². The first kappa shape index (κ1) is 11.6. The number of hydrogen-bond acceptors (Lipinski definition) is 3. The predicted octanol–water partition coefficient (Wildman–Crippen LogP) is 3.03. The van der Waals surface area contributed by atoms with Crippen LogP contribution < -0.4 is 0 Å². The standard InChI is InChI=1S/C13H19NO2/c1-15-13(16-2)11-7-8-14-12(9-11)10-5-3-4-6-10/h7-10,13H,3-6H2,1-2H3. The van der Waals surface area contributed by atoms with E-state index in [2.05, 4.69) is 11.1 Å². The summed E-state index contributed by atoms with van der Waals surface area (Å²) < 4.78 is 10.5. The maximum absolute atomic E-state index is 5.25. The number of ether oxygens (including phenoxy) is 2. The lowest BCUT2D eigenvalue weighted by atomic mass is 10.0. The molecule has 1 fully saturated rings. The summed E-state index contributed by atoms with van der Waals surface area (Å²) in [4.78, 5) is 4.46. The van der Waals surface area contributed by atoms with Crippen LogP contribution in [0.3, 0.4) is 0 Å². The van der Waals surface area contributed by atoms with Crippen molar-refractivity contribution in [2.24, 2.45) is 0 Å². The van der Waals surface area contributed by atoms with E-state index in [-0.39, 0.29) is 6.29 Å². The van der Waals surface area contributed by atoms with Crippen LogP contribution in [-0.2, 0) is 9.47 Å². The van der Waals surface area contributed by atoms with Gasteiger partial charge in [-0.3, -0.25) is 4.98 Å². The average molecular weight is 221 g/mol. The van der Waals surface area contributed by atoms with Crippen molar-refractivity contribution >= 4 is 0 Å². The zero-order chi connectivity index (χ0) is 11.4. The van der Waals surface area contributed by atoms with Crippen LogP contribution in [0.25, 0.3) is 0 Å². The molecule has 1 aliphatic carbocycles. The highest BCUT2D eigenvalue weighted by molar-refractivity contribution is 5.21. The highest BCUT2D eigenvalue weighted by atomic mass is 16.7. The van der Waals surface area contributed by atoms with Crippen molar-refractivity contribution in [2.45, 2.75) is 37.9 Å². The fourth-order valence-corrected chi connectivity index (χ4v) is 2.43. The molecule has 0 aromatic carbocycles. The van der Waals surface area contributed by atoms with E-state index in [0.29, 0.717) is 5.92 Å². The fraction of sp³-hybridized carbons (Fsp3) is 0.615. The molecule has 3 heteroatoms. The summed E-state index contributed by atoms with van der Waals surface area (Å²) in [6.45, 7) is 0. The molecule has 3 nitrogen and oxygen atoms in total. The molecule has 0 aliphatic heterocycles. The van der Waals surface area contributed by atoms with Gasteiger partial charge in [0.1, 0.15) is 0 Å². The maximum Gasteiger partial charge on any atom is 0.183 e. The van der Waals surface area contributed by atoms with Gasteiger partial charge in [-0.1, -0.05) is 12.8 Å². The third-order valence-electron chi connectivity index (χ3n) is 3.28. The molecule has 0 spiro atoms. The third-order valence-corrected chi connectivity index (χ3v) is 3.28. The molecular formula is C13H19NO2. The smallest absolute Gasteiger partial charge is 0.183 e. The van der Waals surface area contributed by atoms with Crippen LogP contribution in [0, 0.1) is 0 Å². The summed E-state index contributed by atoms with van der Waals surface area (Å²) >= 11 is 0. The lowest BCUT2D eigenvalue weighted by Gasteiger charge is -2.15. The summed E-state index contributed by atoms with van der Waals surface area (Å²) in [6, 6.07) is 4.07. The molecule has 0 saturated heterocycles. The van der Waals surface area contributed by atoms with Crippen LogP contribution in [0.2, 0.25) is 0 Å². The summed E-state index contributed by atoms with van der Waals surface area (Å²) in [5.74, 6) is 0.634. The van der Waals surface area contributed by atoms with Gasteiger partial charge >= 0.3 is 0 Å². The van der Waals surface area contributed by atoms with Gasteiger partial charge in [0, 0.05) is 37.6 Å². The van der Waals surface area contributed by atoms with E-state index in [1.807, 2.05) is 12.3 Å². The number of rotatable bonds is 4. The molecule has 0 bridgehead atoms. The highest BCUT2D eigenvalue weighted by Crippen LogP contribution is 2.33. The topological polar surface area (TPSA) is 31.4 Å². The van der Waals surface area contributed by atoms with Crippen LogP contribution in [0.5, 0.6) is 0 Å². The van der Waals surface area contributed by atoms with E-state index >= 15 is 0 Å². The molecule has 0 radical (unpaired) electrons. The molecule has 88 valence electrons. The summed E-state index contributed by atoms with van der Waals surface area (Å²) in [5, 5.41) is 0. The van der Waals surface area contributed by atoms with E-state index < -0.39 is 0 Å². The Morgan fingerprint density at radius 1 is 1.25 bits per heavy atom. The number of hydrogen-bond donors (Lipinski definition) is 0. The monoisotopic (exact) mass is 221 g/mol. The zero-order valence-electron chi connectivity index (χ0n) is 9.98. The Kier molecular flexibility index (Phi) is 3.91. The van der Waals surface area contributed by atoms with E-state index in [0.717, 1.165) is 5.56 Å². The van der Waals surface area contributed by atoms with Gasteiger partial charge in [0.15, 0.2) is 6.29 Å². The minimum absolute atomic E-state index is 0.275. The lowest BCUT2D eigenvalue weighted by molar-refractivity contribution is -0.106. The molecule has 1 aliphatic rings. The Morgan fingerprint density at radius 2 is 1.94 bits per heavy atom. The van der Waals surface area contributed by atoms with Crippen LogP contribution >= 0.6 is 0 Å². The minimum atomic E-state index is -0.275. The Hall–Kier alpha value is -0.930. The molecule has 0 atom stereocenters. The predicted molar refractivity (Wildman–Crippen MR) is 62.2 cm³/mol. The molecule has 0 unspecified atom stereocenters. The molecule has 1 saturated carbocycles. The Balaban J connectivity index is 2.18. The van der Waals surface area contributed by atoms with Gasteiger partial charge in [-0.15, -0.1) is 0 Å². The molecule has 1 aromatic rings. The maximum atomic E-state index is 5.25. The van der Waals surface area contributed by atoms with E-state index in [1.54, 1.807) is 14.2 Å². The zero-order valence-corrected chi connectivity index (χ0v) is 9.98. The minimum Gasteiger partial charge on any atom is -0.352 e. The van der Waals surface area contributed by atoms with Crippen molar-refractivity contribution in [1.29, 1.82) is 0 Å². The number of nitrogens with zero attached hydrogens (tertiary/aromatic N) is 1. The van der Waals surface area contributed by atoms with Gasteiger partial charge in [-0.25, -0.2) is 0 Å². The van der Waals surface area contributed by atoms with Crippen LogP contribution in [-0.4, -0.2) is 19.2 Å². The number of aromatic nitrogens is 1. The highest BCUT2D eigenvalue weighted by Gasteiger charge is 2.19. The molecule has 16 heavy (non-hydrogen) atoms. The first-order chi connectivity index (χ1) is 7.85. The van der Waals surface area contributed by atoms with Gasteiger partial charge in [0.05, 0.1) is 0 Å². The Morgan fingerprint density at radius 3 is 2.56 bits per heavy atom. The molecule has 2 rings (SSSR count). The largest absolute Gasteiger partial charge is 0.352 e. The third kappa shape index (κ3) is 2.42. The van der Waals surface area contributed by atoms with Crippen molar-refractivity contribution in [1.82, 2.24) is 4.98 Å². The molecule has 1 aromatic heterocycles. The van der Waals surface area contributed by atoms with Crippen molar-refractivity contribution in [3.63, 3.8) is 0 Å². The SMILES string of the molecule is COC(OC)c1ccnc(C2CCCC2)c1. The number of pyridine rings is 1. The average Bonchev–Trinajstić information content (AvgIpc) is 2.85. The lowest BCUT2D eigenvalue weighted by Crippen LogP contribution is -2.06. The van der Waals surface area contributed by atoms with Crippen molar-refractivity contribution in [3.05, 3.63) is 29.6 Å². The van der Waals surface area contributed by atoms with Crippen LogP contribution in [0.4, 0.5) is 0 Å². The quantitative estimate of drug-likeness (QED) is 0.732. The van der Waals surface area contributed by atoms with Gasteiger partial charge in [0.25, 0.3) is 0 Å². The van der Waals surface area contributed by atoms with Crippen molar-refractivity contribution in [3.8, 4) is 0 Å².